The summed E-state index contributed by atoms with van der Waals surface area (Å²) in [6.07, 6.45) is 1.85. The standard InChI is InChI=1S/C12H16N2O3/c1-2-5-14-12(17)9(13)6-8-3-4-10(15)11(16)7-8/h2-4,7,9,15-16H,1,5-6,13H2,(H,14,17)/t9-/m0/s1. The maximum absolute atomic E-state index is 11.5. The number of nitrogens with one attached hydrogen (secondary N) is 1. The summed E-state index contributed by atoms with van der Waals surface area (Å²) in [5.41, 5.74) is 6.37. The van der Waals surface area contributed by atoms with Crippen molar-refractivity contribution in [1.29, 1.82) is 0 Å². The highest BCUT2D eigenvalue weighted by Gasteiger charge is 2.13. The molecule has 0 bridgehead atoms. The van der Waals surface area contributed by atoms with Gasteiger partial charge in [-0.3, -0.25) is 4.79 Å². The molecule has 1 amide bonds. The van der Waals surface area contributed by atoms with Crippen LogP contribution in [0.1, 0.15) is 5.56 Å². The van der Waals surface area contributed by atoms with Gasteiger partial charge in [0.15, 0.2) is 11.5 Å². The first-order chi connectivity index (χ1) is 8.04. The maximum atomic E-state index is 11.5. The quantitative estimate of drug-likeness (QED) is 0.436. The molecule has 17 heavy (non-hydrogen) atoms. The minimum Gasteiger partial charge on any atom is -0.504 e. The molecular weight excluding hydrogens is 220 g/mol. The van der Waals surface area contributed by atoms with Gasteiger partial charge in [-0.25, -0.2) is 0 Å². The monoisotopic (exact) mass is 236 g/mol. The van der Waals surface area contributed by atoms with E-state index in [9.17, 15) is 9.90 Å². The molecule has 5 nitrogen and oxygen atoms in total. The van der Waals surface area contributed by atoms with Crippen molar-refractivity contribution >= 4 is 5.91 Å². The molecule has 0 saturated heterocycles. The molecule has 0 aliphatic rings. The summed E-state index contributed by atoms with van der Waals surface area (Å²) in [5.74, 6) is -0.697. The fourth-order valence-electron chi connectivity index (χ4n) is 1.35. The van der Waals surface area contributed by atoms with E-state index in [4.69, 9.17) is 10.8 Å². The molecule has 0 heterocycles. The number of hydrogen-bond acceptors (Lipinski definition) is 4. The Kier molecular flexibility index (Phi) is 4.54. The van der Waals surface area contributed by atoms with Crippen molar-refractivity contribution in [2.24, 2.45) is 5.73 Å². The van der Waals surface area contributed by atoms with Crippen LogP contribution in [0, 0.1) is 0 Å². The van der Waals surface area contributed by atoms with Gasteiger partial charge in [-0.05, 0) is 24.1 Å². The first kappa shape index (κ1) is 13.1. The van der Waals surface area contributed by atoms with E-state index < -0.39 is 6.04 Å². The Morgan fingerprint density at radius 3 is 2.76 bits per heavy atom. The number of amides is 1. The van der Waals surface area contributed by atoms with Crippen LogP contribution in [0.4, 0.5) is 0 Å². The predicted molar refractivity (Wildman–Crippen MR) is 64.7 cm³/mol. The molecule has 1 aromatic carbocycles. The van der Waals surface area contributed by atoms with Crippen LogP contribution >= 0.6 is 0 Å². The van der Waals surface area contributed by atoms with Crippen molar-refractivity contribution in [1.82, 2.24) is 5.32 Å². The molecule has 1 atom stereocenters. The van der Waals surface area contributed by atoms with E-state index in [1.54, 1.807) is 12.1 Å². The summed E-state index contributed by atoms with van der Waals surface area (Å²) in [6, 6.07) is 3.66. The summed E-state index contributed by atoms with van der Waals surface area (Å²) in [7, 11) is 0. The molecule has 0 unspecified atom stereocenters. The number of aromatic hydroxyl groups is 2. The average Bonchev–Trinajstić information content (AvgIpc) is 2.30. The molecule has 1 aromatic rings. The topological polar surface area (TPSA) is 95.6 Å². The second kappa shape index (κ2) is 5.91. The smallest absolute Gasteiger partial charge is 0.237 e. The molecule has 5 N–H and O–H groups in total. The molecule has 0 spiro atoms. The van der Waals surface area contributed by atoms with Crippen molar-refractivity contribution in [3.63, 3.8) is 0 Å². The van der Waals surface area contributed by atoms with E-state index in [1.807, 2.05) is 0 Å². The Morgan fingerprint density at radius 2 is 2.18 bits per heavy atom. The molecule has 92 valence electrons. The van der Waals surface area contributed by atoms with Gasteiger partial charge in [-0.2, -0.15) is 0 Å². The molecule has 0 aromatic heterocycles. The Morgan fingerprint density at radius 1 is 1.47 bits per heavy atom. The number of nitrogens with two attached hydrogens (primary N) is 1. The minimum atomic E-state index is -0.695. The summed E-state index contributed by atoms with van der Waals surface area (Å²) < 4.78 is 0. The van der Waals surface area contributed by atoms with Crippen LogP contribution in [0.15, 0.2) is 30.9 Å². The van der Waals surface area contributed by atoms with Crippen molar-refractivity contribution < 1.29 is 15.0 Å². The Hall–Kier alpha value is -2.01. The van der Waals surface area contributed by atoms with Crippen LogP contribution in [0.2, 0.25) is 0 Å². The third kappa shape index (κ3) is 3.81. The van der Waals surface area contributed by atoms with Crippen LogP contribution in [0.3, 0.4) is 0 Å². The Bertz CT molecular complexity index is 418. The van der Waals surface area contributed by atoms with E-state index in [1.165, 1.54) is 12.1 Å². The van der Waals surface area contributed by atoms with Crippen LogP contribution in [0.5, 0.6) is 11.5 Å². The normalized spacial score (nSPS) is 11.8. The van der Waals surface area contributed by atoms with Gasteiger partial charge < -0.3 is 21.3 Å². The predicted octanol–water partition coefficient (Wildman–Crippen LogP) is 0.270. The molecular formula is C12H16N2O3. The van der Waals surface area contributed by atoms with Crippen molar-refractivity contribution in [3.05, 3.63) is 36.4 Å². The van der Waals surface area contributed by atoms with Gasteiger partial charge in [0.1, 0.15) is 0 Å². The van der Waals surface area contributed by atoms with E-state index in [-0.39, 0.29) is 23.8 Å². The van der Waals surface area contributed by atoms with E-state index in [2.05, 4.69) is 11.9 Å². The van der Waals surface area contributed by atoms with Crippen LogP contribution in [-0.4, -0.2) is 28.7 Å². The lowest BCUT2D eigenvalue weighted by Gasteiger charge is -2.11. The summed E-state index contributed by atoms with van der Waals surface area (Å²) in [5, 5.41) is 21.0. The first-order valence-electron chi connectivity index (χ1n) is 5.19. The highest BCUT2D eigenvalue weighted by molar-refractivity contribution is 5.81. The highest BCUT2D eigenvalue weighted by Crippen LogP contribution is 2.25. The number of carbonyl (C=O) groups is 1. The number of rotatable bonds is 5. The van der Waals surface area contributed by atoms with Gasteiger partial charge >= 0.3 is 0 Å². The number of phenolic OH excluding ortho intramolecular Hbond substituents is 2. The minimum absolute atomic E-state index is 0.196. The summed E-state index contributed by atoms with van der Waals surface area (Å²) in [6.45, 7) is 3.85. The number of phenols is 2. The zero-order chi connectivity index (χ0) is 12.8. The second-order valence-corrected chi connectivity index (χ2v) is 3.67. The Balaban J connectivity index is 2.61. The highest BCUT2D eigenvalue weighted by atomic mass is 16.3. The lowest BCUT2D eigenvalue weighted by molar-refractivity contribution is -0.122. The molecule has 0 saturated carbocycles. The lowest BCUT2D eigenvalue weighted by Crippen LogP contribution is -2.42. The zero-order valence-electron chi connectivity index (χ0n) is 9.39. The van der Waals surface area contributed by atoms with Gasteiger partial charge in [0.2, 0.25) is 5.91 Å². The van der Waals surface area contributed by atoms with Crippen LogP contribution < -0.4 is 11.1 Å². The van der Waals surface area contributed by atoms with Crippen molar-refractivity contribution in [2.45, 2.75) is 12.5 Å². The van der Waals surface area contributed by atoms with Gasteiger partial charge in [-0.1, -0.05) is 12.1 Å². The number of carbonyl (C=O) groups excluding carboxylic acids is 1. The van der Waals surface area contributed by atoms with E-state index >= 15 is 0 Å². The SMILES string of the molecule is C=CCNC(=O)[C@@H](N)Cc1ccc(O)c(O)c1. The largest absolute Gasteiger partial charge is 0.504 e. The average molecular weight is 236 g/mol. The van der Waals surface area contributed by atoms with Gasteiger partial charge in [-0.15, -0.1) is 6.58 Å². The molecule has 0 fully saturated rings. The molecule has 5 heteroatoms. The van der Waals surface area contributed by atoms with Crippen molar-refractivity contribution in [2.75, 3.05) is 6.54 Å². The summed E-state index contributed by atoms with van der Waals surface area (Å²) >= 11 is 0. The number of benzene rings is 1. The van der Waals surface area contributed by atoms with Crippen molar-refractivity contribution in [3.8, 4) is 11.5 Å². The number of hydrogen-bond donors (Lipinski definition) is 4. The third-order valence-electron chi connectivity index (χ3n) is 2.25. The fraction of sp³-hybridized carbons (Fsp3) is 0.250. The molecule has 0 aliphatic carbocycles. The lowest BCUT2D eigenvalue weighted by atomic mass is 10.1. The first-order valence-corrected chi connectivity index (χ1v) is 5.19. The van der Waals surface area contributed by atoms with Gasteiger partial charge in [0.05, 0.1) is 6.04 Å². The molecule has 0 aliphatic heterocycles. The van der Waals surface area contributed by atoms with Crippen LogP contribution in [0.25, 0.3) is 0 Å². The fourth-order valence-corrected chi connectivity index (χ4v) is 1.35. The Labute approximate surface area is 99.6 Å². The summed E-state index contributed by atoms with van der Waals surface area (Å²) in [4.78, 5) is 11.5. The van der Waals surface area contributed by atoms with Gasteiger partial charge in [0.25, 0.3) is 0 Å². The molecule has 1 rings (SSSR count). The van der Waals surface area contributed by atoms with Crippen LogP contribution in [-0.2, 0) is 11.2 Å². The van der Waals surface area contributed by atoms with Gasteiger partial charge in [0, 0.05) is 6.54 Å². The van der Waals surface area contributed by atoms with E-state index in [0.717, 1.165) is 0 Å². The zero-order valence-corrected chi connectivity index (χ0v) is 9.39. The second-order valence-electron chi connectivity index (χ2n) is 3.67. The van der Waals surface area contributed by atoms with E-state index in [0.29, 0.717) is 12.1 Å². The maximum Gasteiger partial charge on any atom is 0.237 e. The third-order valence-corrected chi connectivity index (χ3v) is 2.25. The molecule has 0 radical (unpaired) electrons.